The summed E-state index contributed by atoms with van der Waals surface area (Å²) in [6.07, 6.45) is 5.36. The van der Waals surface area contributed by atoms with Crippen LogP contribution in [0, 0.1) is 10.1 Å². The summed E-state index contributed by atoms with van der Waals surface area (Å²) >= 11 is 0. The fourth-order valence-corrected chi connectivity index (χ4v) is 2.28. The van der Waals surface area contributed by atoms with E-state index in [0.717, 1.165) is 5.56 Å². The summed E-state index contributed by atoms with van der Waals surface area (Å²) in [5, 5.41) is 24.8. The number of hydrogen-bond acceptors (Lipinski definition) is 6. The topological polar surface area (TPSA) is 97.3 Å². The molecule has 1 unspecified atom stereocenters. The largest absolute Gasteiger partial charge is 0.390 e. The molecule has 0 radical (unpaired) electrons. The Morgan fingerprint density at radius 1 is 1.43 bits per heavy atom. The summed E-state index contributed by atoms with van der Waals surface area (Å²) < 4.78 is 1.39. The number of aromatic nitrogens is 3. The van der Waals surface area contributed by atoms with Gasteiger partial charge in [0.15, 0.2) is 0 Å². The zero-order valence-corrected chi connectivity index (χ0v) is 13.2. The van der Waals surface area contributed by atoms with Crippen LogP contribution >= 0.6 is 0 Å². The number of hydrogen-bond donors (Lipinski definition) is 1. The monoisotopic (exact) mass is 319 g/mol. The molecule has 0 amide bonds. The molecule has 0 aliphatic carbocycles. The predicted octanol–water partition coefficient (Wildman–Crippen LogP) is 1.46. The van der Waals surface area contributed by atoms with Gasteiger partial charge in [-0.1, -0.05) is 6.07 Å². The Bertz CT molecular complexity index is 629. The van der Waals surface area contributed by atoms with Crippen molar-refractivity contribution in [3.8, 4) is 0 Å². The van der Waals surface area contributed by atoms with Gasteiger partial charge in [0.2, 0.25) is 0 Å². The second-order valence-electron chi connectivity index (χ2n) is 5.72. The van der Waals surface area contributed by atoms with E-state index in [0.29, 0.717) is 13.1 Å². The van der Waals surface area contributed by atoms with E-state index in [1.807, 2.05) is 12.1 Å². The normalized spacial score (nSPS) is 12.7. The first kappa shape index (κ1) is 17.0. The van der Waals surface area contributed by atoms with Crippen molar-refractivity contribution in [2.75, 3.05) is 6.54 Å². The second kappa shape index (κ2) is 7.80. The summed E-state index contributed by atoms with van der Waals surface area (Å²) in [5.74, 6) is 0. The minimum atomic E-state index is -0.673. The van der Waals surface area contributed by atoms with Gasteiger partial charge in [0.05, 0.1) is 17.6 Å². The SMILES string of the molecule is CC(C)N(Cc1cccnc1)CC(O)Cn1cc([N+](=O)[O-])cn1. The summed E-state index contributed by atoms with van der Waals surface area (Å²) in [6, 6.07) is 4.12. The van der Waals surface area contributed by atoms with E-state index < -0.39 is 11.0 Å². The third kappa shape index (κ3) is 5.11. The minimum Gasteiger partial charge on any atom is -0.390 e. The lowest BCUT2D eigenvalue weighted by Gasteiger charge is -2.28. The van der Waals surface area contributed by atoms with Crippen LogP contribution in [0.3, 0.4) is 0 Å². The molecule has 1 N–H and O–H groups in total. The maximum Gasteiger partial charge on any atom is 0.306 e. The summed E-state index contributed by atoms with van der Waals surface area (Å²) in [4.78, 5) is 16.4. The van der Waals surface area contributed by atoms with Gasteiger partial charge in [0, 0.05) is 31.5 Å². The highest BCUT2D eigenvalue weighted by Crippen LogP contribution is 2.11. The molecule has 0 aromatic carbocycles. The molecule has 0 bridgehead atoms. The zero-order chi connectivity index (χ0) is 16.8. The molecule has 2 rings (SSSR count). The quantitative estimate of drug-likeness (QED) is 0.584. The molecule has 1 atom stereocenters. The van der Waals surface area contributed by atoms with Crippen molar-refractivity contribution in [3.05, 3.63) is 52.6 Å². The first-order valence-corrected chi connectivity index (χ1v) is 7.43. The van der Waals surface area contributed by atoms with Crippen LogP contribution in [0.1, 0.15) is 19.4 Å². The lowest BCUT2D eigenvalue weighted by atomic mass is 10.2. The van der Waals surface area contributed by atoms with Crippen molar-refractivity contribution in [3.63, 3.8) is 0 Å². The van der Waals surface area contributed by atoms with Crippen molar-refractivity contribution < 1.29 is 10.0 Å². The fraction of sp³-hybridized carbons (Fsp3) is 0.467. The number of aliphatic hydroxyl groups excluding tert-OH is 1. The van der Waals surface area contributed by atoms with Gasteiger partial charge in [0.1, 0.15) is 12.4 Å². The van der Waals surface area contributed by atoms with E-state index in [-0.39, 0.29) is 18.3 Å². The molecule has 0 fully saturated rings. The molecule has 8 heteroatoms. The first-order valence-electron chi connectivity index (χ1n) is 7.43. The molecule has 0 saturated heterocycles. The predicted molar refractivity (Wildman–Crippen MR) is 84.7 cm³/mol. The Morgan fingerprint density at radius 3 is 2.78 bits per heavy atom. The van der Waals surface area contributed by atoms with E-state index in [1.165, 1.54) is 17.1 Å². The van der Waals surface area contributed by atoms with E-state index in [9.17, 15) is 15.2 Å². The summed E-state index contributed by atoms with van der Waals surface area (Å²) in [6.45, 7) is 5.45. The lowest BCUT2D eigenvalue weighted by Crippen LogP contribution is -2.38. The van der Waals surface area contributed by atoms with Gasteiger partial charge in [-0.2, -0.15) is 5.10 Å². The molecule has 2 aromatic heterocycles. The number of nitrogens with zero attached hydrogens (tertiary/aromatic N) is 5. The third-order valence-corrected chi connectivity index (χ3v) is 3.51. The zero-order valence-electron chi connectivity index (χ0n) is 13.2. The Balaban J connectivity index is 1.94. The van der Waals surface area contributed by atoms with Crippen LogP contribution in [0.15, 0.2) is 36.9 Å². The molecule has 8 nitrogen and oxygen atoms in total. The highest BCUT2D eigenvalue weighted by atomic mass is 16.6. The minimum absolute atomic E-state index is 0.0757. The van der Waals surface area contributed by atoms with Crippen LogP contribution in [-0.4, -0.2) is 48.4 Å². The lowest BCUT2D eigenvalue weighted by molar-refractivity contribution is -0.385. The number of rotatable bonds is 8. The average Bonchev–Trinajstić information content (AvgIpc) is 2.96. The van der Waals surface area contributed by atoms with Gasteiger partial charge < -0.3 is 5.11 Å². The maximum atomic E-state index is 10.6. The van der Waals surface area contributed by atoms with Gasteiger partial charge in [0.25, 0.3) is 0 Å². The summed E-state index contributed by atoms with van der Waals surface area (Å²) in [7, 11) is 0. The van der Waals surface area contributed by atoms with Gasteiger partial charge in [-0.3, -0.25) is 24.7 Å². The molecule has 0 aliphatic heterocycles. The fourth-order valence-electron chi connectivity index (χ4n) is 2.28. The average molecular weight is 319 g/mol. The highest BCUT2D eigenvalue weighted by molar-refractivity contribution is 5.20. The maximum absolute atomic E-state index is 10.6. The third-order valence-electron chi connectivity index (χ3n) is 3.51. The van der Waals surface area contributed by atoms with Gasteiger partial charge >= 0.3 is 5.69 Å². The molecule has 124 valence electrons. The highest BCUT2D eigenvalue weighted by Gasteiger charge is 2.17. The smallest absolute Gasteiger partial charge is 0.306 e. The Kier molecular flexibility index (Phi) is 5.78. The molecule has 2 aromatic rings. The van der Waals surface area contributed by atoms with Crippen LogP contribution in [0.5, 0.6) is 0 Å². The Hall–Kier alpha value is -2.32. The van der Waals surface area contributed by atoms with E-state index in [4.69, 9.17) is 0 Å². The van der Waals surface area contributed by atoms with Gasteiger partial charge in [-0.05, 0) is 25.5 Å². The van der Waals surface area contributed by atoms with Gasteiger partial charge in [-0.25, -0.2) is 0 Å². The summed E-state index contributed by atoms with van der Waals surface area (Å²) in [5.41, 5.74) is 0.997. The molecule has 2 heterocycles. The van der Waals surface area contributed by atoms with Gasteiger partial charge in [-0.15, -0.1) is 0 Å². The molecule has 0 spiro atoms. The van der Waals surface area contributed by atoms with Crippen molar-refractivity contribution >= 4 is 5.69 Å². The molecule has 0 aliphatic rings. The second-order valence-corrected chi connectivity index (χ2v) is 5.72. The van der Waals surface area contributed by atoms with Crippen molar-refractivity contribution in [2.45, 2.75) is 39.1 Å². The van der Waals surface area contributed by atoms with Crippen molar-refractivity contribution in [2.24, 2.45) is 0 Å². The van der Waals surface area contributed by atoms with Crippen LogP contribution in [0.2, 0.25) is 0 Å². The molecular formula is C15H21N5O3. The van der Waals surface area contributed by atoms with Crippen LogP contribution < -0.4 is 0 Å². The van der Waals surface area contributed by atoms with E-state index in [1.54, 1.807) is 12.4 Å². The Labute approximate surface area is 134 Å². The van der Waals surface area contributed by atoms with Crippen molar-refractivity contribution in [1.29, 1.82) is 0 Å². The number of pyridine rings is 1. The van der Waals surface area contributed by atoms with E-state index in [2.05, 4.69) is 28.8 Å². The number of nitro groups is 1. The number of aliphatic hydroxyl groups is 1. The molecular weight excluding hydrogens is 298 g/mol. The van der Waals surface area contributed by atoms with Crippen LogP contribution in [0.4, 0.5) is 5.69 Å². The molecule has 0 saturated carbocycles. The van der Waals surface area contributed by atoms with Crippen molar-refractivity contribution in [1.82, 2.24) is 19.7 Å². The Morgan fingerprint density at radius 2 is 2.22 bits per heavy atom. The van der Waals surface area contributed by atoms with E-state index >= 15 is 0 Å². The van der Waals surface area contributed by atoms with Crippen LogP contribution in [0.25, 0.3) is 0 Å². The standard InChI is InChI=1S/C15H21N5O3/c1-12(2)18(8-13-4-3-5-16-6-13)10-15(21)11-19-9-14(7-17-19)20(22)23/h3-7,9,12,15,21H,8,10-11H2,1-2H3. The molecule has 23 heavy (non-hydrogen) atoms. The first-order chi connectivity index (χ1) is 11.0. The van der Waals surface area contributed by atoms with Crippen LogP contribution in [-0.2, 0) is 13.1 Å².